The molecule has 0 radical (unpaired) electrons. The second-order valence-corrected chi connectivity index (χ2v) is 8.08. The minimum Gasteiger partial charge on any atom is -0.495 e. The van der Waals surface area contributed by atoms with Gasteiger partial charge in [0.1, 0.15) is 11.6 Å². The summed E-state index contributed by atoms with van der Waals surface area (Å²) in [7, 11) is 1.58. The number of ether oxygens (including phenoxy) is 1. The van der Waals surface area contributed by atoms with Gasteiger partial charge in [-0.15, -0.1) is 0 Å². The molecule has 0 saturated carbocycles. The van der Waals surface area contributed by atoms with Crippen molar-refractivity contribution in [3.63, 3.8) is 0 Å². The molecule has 3 rings (SSSR count). The molecule has 0 bridgehead atoms. The lowest BCUT2D eigenvalue weighted by molar-refractivity contribution is 0.246. The van der Waals surface area contributed by atoms with Crippen LogP contribution in [0, 0.1) is 12.8 Å². The first-order chi connectivity index (χ1) is 13.9. The number of urea groups is 1. The number of carbonyl (C=O) groups is 1. The predicted octanol–water partition coefficient (Wildman–Crippen LogP) is 2.93. The van der Waals surface area contributed by atoms with Crippen LogP contribution >= 0.6 is 0 Å². The number of benzene rings is 1. The number of methoxy groups -OCH3 is 1. The lowest BCUT2D eigenvalue weighted by Gasteiger charge is -2.18. The van der Waals surface area contributed by atoms with Crippen molar-refractivity contribution in [1.29, 1.82) is 0 Å². The van der Waals surface area contributed by atoms with E-state index in [1.165, 1.54) is 0 Å². The monoisotopic (exact) mass is 401 g/mol. The van der Waals surface area contributed by atoms with E-state index in [-0.39, 0.29) is 17.8 Å². The highest BCUT2D eigenvalue weighted by atomic mass is 16.5. The van der Waals surface area contributed by atoms with Crippen LogP contribution in [0.15, 0.2) is 23.0 Å². The number of hydrogen-bond acceptors (Lipinski definition) is 4. The topological polar surface area (TPSA) is 90.2 Å². The van der Waals surface area contributed by atoms with Crippen molar-refractivity contribution in [2.24, 2.45) is 5.92 Å². The Hall–Kier alpha value is -2.77. The highest BCUT2D eigenvalue weighted by Crippen LogP contribution is 2.25. The smallest absolute Gasteiger partial charge is 0.345 e. The van der Waals surface area contributed by atoms with E-state index in [1.807, 2.05) is 25.1 Å². The molecular weight excluding hydrogens is 370 g/mol. The molecule has 8 nitrogen and oxygen atoms in total. The number of amides is 2. The maximum atomic E-state index is 12.6. The molecule has 2 aromatic rings. The molecule has 2 N–H and O–H groups in total. The molecule has 1 atom stereocenters. The van der Waals surface area contributed by atoms with Crippen molar-refractivity contribution in [2.75, 3.05) is 12.4 Å². The lowest BCUT2D eigenvalue weighted by atomic mass is 10.1. The van der Waals surface area contributed by atoms with E-state index in [0.717, 1.165) is 24.2 Å². The maximum Gasteiger partial charge on any atom is 0.345 e. The molecule has 1 aromatic heterocycles. The molecule has 8 heteroatoms. The Morgan fingerprint density at radius 2 is 2.14 bits per heavy atom. The van der Waals surface area contributed by atoms with Crippen LogP contribution in [0.3, 0.4) is 0 Å². The Bertz CT molecular complexity index is 916. The summed E-state index contributed by atoms with van der Waals surface area (Å²) in [6.45, 7) is 7.45. The predicted molar refractivity (Wildman–Crippen MR) is 113 cm³/mol. The van der Waals surface area contributed by atoms with Crippen LogP contribution in [0.2, 0.25) is 0 Å². The van der Waals surface area contributed by atoms with E-state index in [1.54, 1.807) is 16.4 Å². The van der Waals surface area contributed by atoms with Gasteiger partial charge in [-0.3, -0.25) is 4.57 Å². The molecule has 0 fully saturated rings. The largest absolute Gasteiger partial charge is 0.495 e. The fourth-order valence-electron chi connectivity index (χ4n) is 3.56. The van der Waals surface area contributed by atoms with Crippen LogP contribution in [0.25, 0.3) is 0 Å². The van der Waals surface area contributed by atoms with Gasteiger partial charge in [-0.05, 0) is 49.8 Å². The van der Waals surface area contributed by atoms with Crippen molar-refractivity contribution >= 4 is 11.7 Å². The van der Waals surface area contributed by atoms with Crippen LogP contribution < -0.4 is 21.1 Å². The van der Waals surface area contributed by atoms with Gasteiger partial charge in [0.15, 0.2) is 0 Å². The number of anilines is 1. The number of aromatic nitrogens is 3. The van der Waals surface area contributed by atoms with E-state index in [9.17, 15) is 9.59 Å². The van der Waals surface area contributed by atoms with Crippen LogP contribution in [0.1, 0.15) is 44.5 Å². The minimum absolute atomic E-state index is 0.0176. The minimum atomic E-state index is -0.271. The van der Waals surface area contributed by atoms with Gasteiger partial charge in [-0.1, -0.05) is 19.9 Å². The molecule has 0 saturated heterocycles. The van der Waals surface area contributed by atoms with Gasteiger partial charge < -0.3 is 15.4 Å². The average molecular weight is 402 g/mol. The Morgan fingerprint density at radius 1 is 1.34 bits per heavy atom. The Balaban J connectivity index is 1.59. The molecule has 1 aliphatic heterocycles. The maximum absolute atomic E-state index is 12.6. The molecule has 0 spiro atoms. The summed E-state index contributed by atoms with van der Waals surface area (Å²) in [6.07, 6.45) is 3.05. The second kappa shape index (κ2) is 9.15. The molecular formula is C21H31N5O3. The quantitative estimate of drug-likeness (QED) is 0.779. The van der Waals surface area contributed by atoms with Gasteiger partial charge >= 0.3 is 11.7 Å². The van der Waals surface area contributed by atoms with Gasteiger partial charge in [0, 0.05) is 25.6 Å². The lowest BCUT2D eigenvalue weighted by Crippen LogP contribution is -2.38. The average Bonchev–Trinajstić information content (AvgIpc) is 2.83. The van der Waals surface area contributed by atoms with Gasteiger partial charge in [-0.2, -0.15) is 5.10 Å². The van der Waals surface area contributed by atoms with Crippen LogP contribution in [-0.2, 0) is 19.5 Å². The first kappa shape index (κ1) is 21.0. The first-order valence-corrected chi connectivity index (χ1v) is 10.3. The zero-order chi connectivity index (χ0) is 21.0. The summed E-state index contributed by atoms with van der Waals surface area (Å²) >= 11 is 0. The van der Waals surface area contributed by atoms with E-state index in [2.05, 4.69) is 29.6 Å². The highest BCUT2D eigenvalue weighted by molar-refractivity contribution is 5.91. The highest BCUT2D eigenvalue weighted by Gasteiger charge is 2.22. The summed E-state index contributed by atoms with van der Waals surface area (Å²) < 4.78 is 8.65. The summed E-state index contributed by atoms with van der Waals surface area (Å²) in [5.41, 5.74) is 1.63. The van der Waals surface area contributed by atoms with Crippen molar-refractivity contribution in [1.82, 2.24) is 19.7 Å². The summed E-state index contributed by atoms with van der Waals surface area (Å²) in [6, 6.07) is 5.35. The molecule has 1 unspecified atom stereocenters. The second-order valence-electron chi connectivity index (χ2n) is 8.08. The Kier molecular flexibility index (Phi) is 6.61. The zero-order valence-electron chi connectivity index (χ0n) is 17.7. The van der Waals surface area contributed by atoms with E-state index in [4.69, 9.17) is 4.74 Å². The number of carbonyl (C=O) groups excluding carboxylic acids is 1. The summed E-state index contributed by atoms with van der Waals surface area (Å²) in [4.78, 5) is 25.1. The number of hydrogen-bond donors (Lipinski definition) is 2. The third kappa shape index (κ3) is 5.19. The van der Waals surface area contributed by atoms with Gasteiger partial charge in [0.25, 0.3) is 0 Å². The standard InChI is InChI=1S/C21H31N5O3/c1-14(2)9-12-26-21(28)25-11-10-16(6-8-19(25)24-26)22-20(27)23-17-13-15(3)5-7-18(17)29-4/h5,7,13-14,16H,6,8-12H2,1-4H3,(H2,22,23,27). The fourth-order valence-corrected chi connectivity index (χ4v) is 3.56. The summed E-state index contributed by atoms with van der Waals surface area (Å²) in [5, 5.41) is 10.4. The van der Waals surface area contributed by atoms with Crippen molar-refractivity contribution < 1.29 is 9.53 Å². The molecule has 29 heavy (non-hydrogen) atoms. The van der Waals surface area contributed by atoms with Crippen LogP contribution in [0.5, 0.6) is 5.75 Å². The number of nitrogens with zero attached hydrogens (tertiary/aromatic N) is 3. The van der Waals surface area contributed by atoms with E-state index >= 15 is 0 Å². The molecule has 0 aliphatic carbocycles. The normalized spacial score (nSPS) is 16.2. The summed E-state index contributed by atoms with van der Waals surface area (Å²) in [5.74, 6) is 1.96. The van der Waals surface area contributed by atoms with Crippen LogP contribution in [0.4, 0.5) is 10.5 Å². The Labute approximate surface area is 171 Å². The van der Waals surface area contributed by atoms with Crippen molar-refractivity contribution in [2.45, 2.75) is 65.6 Å². The molecule has 1 aromatic carbocycles. The van der Waals surface area contributed by atoms with E-state index < -0.39 is 0 Å². The Morgan fingerprint density at radius 3 is 2.86 bits per heavy atom. The first-order valence-electron chi connectivity index (χ1n) is 10.3. The third-order valence-electron chi connectivity index (χ3n) is 5.27. The number of rotatable bonds is 6. The number of fused-ring (bicyclic) bond motifs is 1. The fraction of sp³-hybridized carbons (Fsp3) is 0.571. The van der Waals surface area contributed by atoms with Crippen LogP contribution in [-0.4, -0.2) is 33.5 Å². The molecule has 158 valence electrons. The molecule has 1 aliphatic rings. The SMILES string of the molecule is COc1ccc(C)cc1NC(=O)NC1CCc2nn(CCC(C)C)c(=O)n2CC1. The van der Waals surface area contributed by atoms with Gasteiger partial charge in [0.05, 0.1) is 12.8 Å². The number of nitrogens with one attached hydrogen (secondary N) is 2. The van der Waals surface area contributed by atoms with Gasteiger partial charge in [0.2, 0.25) is 0 Å². The van der Waals surface area contributed by atoms with Gasteiger partial charge in [-0.25, -0.2) is 14.3 Å². The molecule has 2 amide bonds. The van der Waals surface area contributed by atoms with Crippen molar-refractivity contribution in [3.05, 3.63) is 40.1 Å². The van der Waals surface area contributed by atoms with Crippen molar-refractivity contribution in [3.8, 4) is 5.75 Å². The zero-order valence-corrected chi connectivity index (χ0v) is 17.7. The number of aryl methyl sites for hydroxylation is 3. The third-order valence-corrected chi connectivity index (χ3v) is 5.27. The molecule has 2 heterocycles. The van der Waals surface area contributed by atoms with E-state index in [0.29, 0.717) is 43.3 Å².